The van der Waals surface area contributed by atoms with Crippen molar-refractivity contribution in [3.63, 3.8) is 0 Å². The summed E-state index contributed by atoms with van der Waals surface area (Å²) in [5.74, 6) is 0.849. The molecule has 0 aliphatic carbocycles. The Morgan fingerprint density at radius 1 is 1.17 bits per heavy atom. The molecule has 0 aliphatic heterocycles. The second-order valence-corrected chi connectivity index (χ2v) is 3.58. The molecule has 0 fully saturated rings. The zero-order valence-corrected chi connectivity index (χ0v) is 8.68. The highest BCUT2D eigenvalue weighted by atomic mass is 16.5. The summed E-state index contributed by atoms with van der Waals surface area (Å²) in [6.45, 7) is 7.40. The second-order valence-electron chi connectivity index (χ2n) is 3.58. The molecule has 0 N–H and O–H groups in total. The molecule has 12 heavy (non-hydrogen) atoms. The maximum Gasteiger partial charge on any atom is 0.0873 e. The topological polar surface area (TPSA) is 9.23 Å². The summed E-state index contributed by atoms with van der Waals surface area (Å²) in [5.41, 5.74) is 0. The van der Waals surface area contributed by atoms with Gasteiger partial charge in [0, 0.05) is 0 Å². The number of hydrogen-bond acceptors (Lipinski definition) is 1. The lowest BCUT2D eigenvalue weighted by atomic mass is 10.1. The summed E-state index contributed by atoms with van der Waals surface area (Å²) >= 11 is 0. The average Bonchev–Trinajstić information content (AvgIpc) is 2.02. The van der Waals surface area contributed by atoms with E-state index in [-0.39, 0.29) is 0 Å². The first-order valence-electron chi connectivity index (χ1n) is 5.00. The van der Waals surface area contributed by atoms with E-state index in [1.54, 1.807) is 6.26 Å². The molecule has 0 unspecified atom stereocenters. The molecule has 0 aromatic heterocycles. The van der Waals surface area contributed by atoms with Crippen molar-refractivity contribution in [2.45, 2.75) is 46.5 Å². The third kappa shape index (κ3) is 9.54. The zero-order chi connectivity index (χ0) is 9.23. The largest absolute Gasteiger partial charge is 0.502 e. The molecule has 72 valence electrons. The normalized spacial score (nSPS) is 11.3. The van der Waals surface area contributed by atoms with Crippen molar-refractivity contribution in [1.82, 2.24) is 0 Å². The van der Waals surface area contributed by atoms with Crippen LogP contribution >= 0.6 is 0 Å². The second kappa shape index (κ2) is 8.63. The van der Waals surface area contributed by atoms with E-state index in [0.717, 1.165) is 12.5 Å². The van der Waals surface area contributed by atoms with E-state index in [9.17, 15) is 0 Å². The van der Waals surface area contributed by atoms with E-state index in [1.807, 2.05) is 13.0 Å². The molecule has 0 saturated carbocycles. The van der Waals surface area contributed by atoms with Crippen LogP contribution in [0.15, 0.2) is 12.3 Å². The number of hydrogen-bond donors (Lipinski definition) is 0. The molecule has 0 amide bonds. The fourth-order valence-electron chi connectivity index (χ4n) is 1.08. The van der Waals surface area contributed by atoms with E-state index in [2.05, 4.69) is 13.8 Å². The van der Waals surface area contributed by atoms with E-state index in [0.29, 0.717) is 0 Å². The van der Waals surface area contributed by atoms with Gasteiger partial charge in [-0.15, -0.1) is 0 Å². The van der Waals surface area contributed by atoms with Gasteiger partial charge >= 0.3 is 0 Å². The maximum atomic E-state index is 5.21. The first-order chi connectivity index (χ1) is 5.77. The quantitative estimate of drug-likeness (QED) is 0.417. The molecule has 0 saturated heterocycles. The van der Waals surface area contributed by atoms with Crippen molar-refractivity contribution >= 4 is 0 Å². The number of rotatable bonds is 7. The summed E-state index contributed by atoms with van der Waals surface area (Å²) in [4.78, 5) is 0. The van der Waals surface area contributed by atoms with Gasteiger partial charge in [0.15, 0.2) is 0 Å². The predicted octanol–water partition coefficient (Wildman–Crippen LogP) is 3.75. The molecule has 0 aromatic rings. The van der Waals surface area contributed by atoms with Gasteiger partial charge in [-0.2, -0.15) is 0 Å². The highest BCUT2D eigenvalue weighted by molar-refractivity contribution is 4.64. The van der Waals surface area contributed by atoms with Gasteiger partial charge in [-0.1, -0.05) is 39.2 Å². The number of unbranched alkanes of at least 4 members (excludes halogenated alkanes) is 2. The third-order valence-electron chi connectivity index (χ3n) is 1.78. The van der Waals surface area contributed by atoms with Gasteiger partial charge in [0.25, 0.3) is 0 Å². The first kappa shape index (κ1) is 11.5. The standard InChI is InChI=1S/C11H22O/c1-4-9-12-10-7-5-6-8-11(2)3/h4,9,11H,5-8,10H2,1-3H3. The van der Waals surface area contributed by atoms with Crippen LogP contribution in [0.5, 0.6) is 0 Å². The highest BCUT2D eigenvalue weighted by Crippen LogP contribution is 2.07. The molecule has 0 heterocycles. The molecule has 0 aromatic carbocycles. The Bertz CT molecular complexity index is 106. The molecule has 0 aliphatic rings. The fraction of sp³-hybridized carbons (Fsp3) is 0.818. The maximum absolute atomic E-state index is 5.21. The molecule has 1 nitrogen and oxygen atoms in total. The highest BCUT2D eigenvalue weighted by Gasteiger charge is 1.93. The minimum Gasteiger partial charge on any atom is -0.502 e. The summed E-state index contributed by atoms with van der Waals surface area (Å²) < 4.78 is 5.21. The van der Waals surface area contributed by atoms with E-state index in [1.165, 1.54) is 25.7 Å². The Morgan fingerprint density at radius 3 is 2.50 bits per heavy atom. The lowest BCUT2D eigenvalue weighted by molar-refractivity contribution is 0.239. The molecule has 0 bridgehead atoms. The van der Waals surface area contributed by atoms with Crippen molar-refractivity contribution in [2.24, 2.45) is 5.92 Å². The summed E-state index contributed by atoms with van der Waals surface area (Å²) in [6, 6.07) is 0. The molecule has 0 atom stereocenters. The van der Waals surface area contributed by atoms with Crippen LogP contribution in [0.2, 0.25) is 0 Å². The Hall–Kier alpha value is -0.460. The van der Waals surface area contributed by atoms with Crippen molar-refractivity contribution in [2.75, 3.05) is 6.61 Å². The van der Waals surface area contributed by atoms with Crippen LogP contribution in [-0.4, -0.2) is 6.61 Å². The first-order valence-corrected chi connectivity index (χ1v) is 5.00. The van der Waals surface area contributed by atoms with E-state index in [4.69, 9.17) is 4.74 Å². The smallest absolute Gasteiger partial charge is 0.0873 e. The SMILES string of the molecule is CC=COCCCCCC(C)C. The van der Waals surface area contributed by atoms with Gasteiger partial charge in [0.05, 0.1) is 12.9 Å². The molecule has 0 radical (unpaired) electrons. The monoisotopic (exact) mass is 170 g/mol. The fourth-order valence-corrected chi connectivity index (χ4v) is 1.08. The van der Waals surface area contributed by atoms with Gasteiger partial charge in [0.2, 0.25) is 0 Å². The molecule has 0 spiro atoms. The summed E-state index contributed by atoms with van der Waals surface area (Å²) in [7, 11) is 0. The van der Waals surface area contributed by atoms with Gasteiger partial charge < -0.3 is 4.74 Å². The van der Waals surface area contributed by atoms with Crippen molar-refractivity contribution in [3.8, 4) is 0 Å². The Balaban J connectivity index is 2.91. The van der Waals surface area contributed by atoms with Crippen LogP contribution in [-0.2, 0) is 4.74 Å². The third-order valence-corrected chi connectivity index (χ3v) is 1.78. The molecule has 0 rings (SSSR count). The molecule has 1 heteroatoms. The van der Waals surface area contributed by atoms with Crippen LogP contribution in [0.3, 0.4) is 0 Å². The summed E-state index contributed by atoms with van der Waals surface area (Å²) in [6.07, 6.45) is 8.88. The van der Waals surface area contributed by atoms with E-state index < -0.39 is 0 Å². The van der Waals surface area contributed by atoms with Crippen LogP contribution in [0, 0.1) is 5.92 Å². The Labute approximate surface area is 76.8 Å². The zero-order valence-electron chi connectivity index (χ0n) is 8.68. The Kier molecular flexibility index (Phi) is 8.30. The number of allylic oxidation sites excluding steroid dienone is 1. The summed E-state index contributed by atoms with van der Waals surface area (Å²) in [5, 5.41) is 0. The van der Waals surface area contributed by atoms with Crippen LogP contribution in [0.25, 0.3) is 0 Å². The van der Waals surface area contributed by atoms with Crippen LogP contribution < -0.4 is 0 Å². The Morgan fingerprint density at radius 2 is 1.92 bits per heavy atom. The van der Waals surface area contributed by atoms with Crippen molar-refractivity contribution < 1.29 is 4.74 Å². The van der Waals surface area contributed by atoms with Crippen LogP contribution in [0.4, 0.5) is 0 Å². The minimum atomic E-state index is 0.849. The van der Waals surface area contributed by atoms with Gasteiger partial charge in [-0.05, 0) is 19.3 Å². The lowest BCUT2D eigenvalue weighted by Crippen LogP contribution is -1.90. The number of ether oxygens (including phenoxy) is 1. The van der Waals surface area contributed by atoms with E-state index >= 15 is 0 Å². The molecular weight excluding hydrogens is 148 g/mol. The lowest BCUT2D eigenvalue weighted by Gasteiger charge is -2.03. The van der Waals surface area contributed by atoms with Crippen molar-refractivity contribution in [3.05, 3.63) is 12.3 Å². The average molecular weight is 170 g/mol. The van der Waals surface area contributed by atoms with Crippen LogP contribution in [0.1, 0.15) is 46.5 Å². The van der Waals surface area contributed by atoms with Crippen molar-refractivity contribution in [1.29, 1.82) is 0 Å². The van der Waals surface area contributed by atoms with Gasteiger partial charge in [-0.25, -0.2) is 0 Å². The van der Waals surface area contributed by atoms with Gasteiger partial charge in [0.1, 0.15) is 0 Å². The minimum absolute atomic E-state index is 0.849. The van der Waals surface area contributed by atoms with Gasteiger partial charge in [-0.3, -0.25) is 0 Å². The molecular formula is C11H22O. The predicted molar refractivity (Wildman–Crippen MR) is 54.1 cm³/mol.